The second-order valence-electron chi connectivity index (χ2n) is 6.39. The molecule has 2 atom stereocenters. The fourth-order valence-corrected chi connectivity index (χ4v) is 3.37. The first-order chi connectivity index (χ1) is 10.1. The molecule has 2 unspecified atom stereocenters. The van der Waals surface area contributed by atoms with Crippen LogP contribution in [-0.2, 0) is 4.74 Å². The summed E-state index contributed by atoms with van der Waals surface area (Å²) in [6.07, 6.45) is 0.735. The molecule has 0 spiro atoms. The minimum atomic E-state index is -0.322. The van der Waals surface area contributed by atoms with Crippen LogP contribution in [0.1, 0.15) is 31.9 Å². The number of aliphatic hydroxyl groups is 1. The number of anilines is 1. The van der Waals surface area contributed by atoms with E-state index in [1.807, 2.05) is 18.2 Å². The molecule has 21 heavy (non-hydrogen) atoms. The van der Waals surface area contributed by atoms with Crippen LogP contribution in [0.4, 0.5) is 5.69 Å². The summed E-state index contributed by atoms with van der Waals surface area (Å²) in [5.74, 6) is 0. The molecule has 1 saturated heterocycles. The Morgan fingerprint density at radius 3 is 2.90 bits per heavy atom. The molecule has 4 nitrogen and oxygen atoms in total. The SMILES string of the molecule is CC(C)N1CCOC(CN2CCC(O)c3ccccc32)C1. The summed E-state index contributed by atoms with van der Waals surface area (Å²) < 4.78 is 5.96. The Bertz CT molecular complexity index is 478. The minimum Gasteiger partial charge on any atom is -0.388 e. The van der Waals surface area contributed by atoms with Gasteiger partial charge in [-0.3, -0.25) is 4.90 Å². The Kier molecular flexibility index (Phi) is 4.48. The van der Waals surface area contributed by atoms with Gasteiger partial charge in [0.25, 0.3) is 0 Å². The van der Waals surface area contributed by atoms with Gasteiger partial charge in [-0.25, -0.2) is 0 Å². The van der Waals surface area contributed by atoms with Gasteiger partial charge in [0, 0.05) is 43.5 Å². The van der Waals surface area contributed by atoms with Crippen molar-refractivity contribution in [2.75, 3.05) is 37.7 Å². The first-order valence-corrected chi connectivity index (χ1v) is 8.02. The number of hydrogen-bond acceptors (Lipinski definition) is 4. The lowest BCUT2D eigenvalue weighted by molar-refractivity contribution is -0.0346. The average molecular weight is 290 g/mol. The topological polar surface area (TPSA) is 35.9 Å². The highest BCUT2D eigenvalue weighted by Gasteiger charge is 2.28. The molecule has 0 aliphatic carbocycles. The highest BCUT2D eigenvalue weighted by atomic mass is 16.5. The van der Waals surface area contributed by atoms with Gasteiger partial charge in [0.05, 0.1) is 18.8 Å². The van der Waals surface area contributed by atoms with Crippen molar-refractivity contribution >= 4 is 5.69 Å². The van der Waals surface area contributed by atoms with Crippen LogP contribution in [0.3, 0.4) is 0 Å². The van der Waals surface area contributed by atoms with Crippen LogP contribution >= 0.6 is 0 Å². The van der Waals surface area contributed by atoms with Crippen LogP contribution in [0.15, 0.2) is 24.3 Å². The van der Waals surface area contributed by atoms with E-state index in [-0.39, 0.29) is 12.2 Å². The summed E-state index contributed by atoms with van der Waals surface area (Å²) in [6, 6.07) is 8.77. The van der Waals surface area contributed by atoms with Crippen LogP contribution in [-0.4, -0.2) is 54.9 Å². The van der Waals surface area contributed by atoms with E-state index in [4.69, 9.17) is 4.74 Å². The van der Waals surface area contributed by atoms with Crippen molar-refractivity contribution in [3.63, 3.8) is 0 Å². The summed E-state index contributed by atoms with van der Waals surface area (Å²) in [6.45, 7) is 9.15. The lowest BCUT2D eigenvalue weighted by Gasteiger charge is -2.40. The molecular formula is C17H26N2O2. The zero-order valence-corrected chi connectivity index (χ0v) is 13.0. The van der Waals surface area contributed by atoms with Crippen LogP contribution in [0.2, 0.25) is 0 Å². The average Bonchev–Trinajstić information content (AvgIpc) is 2.51. The van der Waals surface area contributed by atoms with E-state index in [1.54, 1.807) is 0 Å². The number of aliphatic hydroxyl groups excluding tert-OH is 1. The standard InChI is InChI=1S/C17H26N2O2/c1-13(2)18-9-10-21-14(11-18)12-19-8-7-17(20)15-5-3-4-6-16(15)19/h3-6,13-14,17,20H,7-12H2,1-2H3. The maximum Gasteiger partial charge on any atom is 0.0877 e. The number of fused-ring (bicyclic) bond motifs is 1. The van der Waals surface area contributed by atoms with E-state index in [1.165, 1.54) is 5.69 Å². The second-order valence-corrected chi connectivity index (χ2v) is 6.39. The summed E-state index contributed by atoms with van der Waals surface area (Å²) in [7, 11) is 0. The number of nitrogens with zero attached hydrogens (tertiary/aromatic N) is 2. The predicted molar refractivity (Wildman–Crippen MR) is 84.7 cm³/mol. The molecule has 1 aromatic carbocycles. The lowest BCUT2D eigenvalue weighted by atomic mass is 9.98. The first kappa shape index (κ1) is 14.8. The zero-order chi connectivity index (χ0) is 14.8. The molecule has 1 fully saturated rings. The van der Waals surface area contributed by atoms with E-state index >= 15 is 0 Å². The summed E-state index contributed by atoms with van der Waals surface area (Å²) in [5, 5.41) is 10.1. The molecule has 1 N–H and O–H groups in total. The Hall–Kier alpha value is -1.10. The Morgan fingerprint density at radius 1 is 1.29 bits per heavy atom. The van der Waals surface area contributed by atoms with Gasteiger partial charge in [0.2, 0.25) is 0 Å². The Morgan fingerprint density at radius 2 is 2.10 bits per heavy atom. The number of benzene rings is 1. The molecular weight excluding hydrogens is 264 g/mol. The number of para-hydroxylation sites is 1. The fourth-order valence-electron chi connectivity index (χ4n) is 3.37. The number of hydrogen-bond donors (Lipinski definition) is 1. The molecule has 1 aromatic rings. The van der Waals surface area contributed by atoms with Crippen molar-refractivity contribution in [2.45, 2.75) is 38.5 Å². The molecule has 0 bridgehead atoms. The number of ether oxygens (including phenoxy) is 1. The quantitative estimate of drug-likeness (QED) is 0.924. The van der Waals surface area contributed by atoms with E-state index < -0.39 is 0 Å². The molecule has 2 aliphatic heterocycles. The molecule has 0 amide bonds. The van der Waals surface area contributed by atoms with Gasteiger partial charge in [-0.2, -0.15) is 0 Å². The zero-order valence-electron chi connectivity index (χ0n) is 13.0. The maximum atomic E-state index is 10.1. The van der Waals surface area contributed by atoms with E-state index in [0.717, 1.165) is 44.8 Å². The first-order valence-electron chi connectivity index (χ1n) is 8.02. The van der Waals surface area contributed by atoms with Gasteiger partial charge in [0.15, 0.2) is 0 Å². The van der Waals surface area contributed by atoms with Crippen LogP contribution in [0.25, 0.3) is 0 Å². The Balaban J connectivity index is 1.69. The van der Waals surface area contributed by atoms with Gasteiger partial charge < -0.3 is 14.7 Å². The van der Waals surface area contributed by atoms with Crippen LogP contribution in [0, 0.1) is 0 Å². The van der Waals surface area contributed by atoms with Crippen molar-refractivity contribution in [1.82, 2.24) is 4.90 Å². The molecule has 0 aromatic heterocycles. The number of rotatable bonds is 3. The third kappa shape index (κ3) is 3.23. The fraction of sp³-hybridized carbons (Fsp3) is 0.647. The van der Waals surface area contributed by atoms with Gasteiger partial charge in [-0.05, 0) is 26.3 Å². The van der Waals surface area contributed by atoms with Crippen LogP contribution in [0.5, 0.6) is 0 Å². The predicted octanol–water partition coefficient (Wildman–Crippen LogP) is 2.04. The molecule has 0 saturated carbocycles. The van der Waals surface area contributed by atoms with Crippen LogP contribution < -0.4 is 4.90 Å². The second kappa shape index (κ2) is 6.34. The minimum absolute atomic E-state index is 0.254. The Labute approximate surface area is 127 Å². The molecule has 2 heterocycles. The van der Waals surface area contributed by atoms with Gasteiger partial charge >= 0.3 is 0 Å². The molecule has 2 aliphatic rings. The summed E-state index contributed by atoms with van der Waals surface area (Å²) in [4.78, 5) is 4.86. The van der Waals surface area contributed by atoms with Crippen molar-refractivity contribution < 1.29 is 9.84 Å². The van der Waals surface area contributed by atoms with Crippen molar-refractivity contribution in [2.24, 2.45) is 0 Å². The monoisotopic (exact) mass is 290 g/mol. The number of morpholine rings is 1. The van der Waals surface area contributed by atoms with Crippen molar-refractivity contribution in [3.8, 4) is 0 Å². The summed E-state index contributed by atoms with van der Waals surface area (Å²) >= 11 is 0. The van der Waals surface area contributed by atoms with Gasteiger partial charge in [0.1, 0.15) is 0 Å². The third-order valence-corrected chi connectivity index (χ3v) is 4.63. The smallest absolute Gasteiger partial charge is 0.0877 e. The normalized spacial score (nSPS) is 27.0. The highest BCUT2D eigenvalue weighted by molar-refractivity contribution is 5.56. The van der Waals surface area contributed by atoms with E-state index in [2.05, 4.69) is 29.7 Å². The largest absolute Gasteiger partial charge is 0.388 e. The molecule has 4 heteroatoms. The highest BCUT2D eigenvalue weighted by Crippen LogP contribution is 2.33. The molecule has 3 rings (SSSR count). The maximum absolute atomic E-state index is 10.1. The van der Waals surface area contributed by atoms with Gasteiger partial charge in [-0.1, -0.05) is 18.2 Å². The van der Waals surface area contributed by atoms with Crippen molar-refractivity contribution in [3.05, 3.63) is 29.8 Å². The molecule has 0 radical (unpaired) electrons. The van der Waals surface area contributed by atoms with E-state index in [0.29, 0.717) is 6.04 Å². The third-order valence-electron chi connectivity index (χ3n) is 4.63. The van der Waals surface area contributed by atoms with E-state index in [9.17, 15) is 5.11 Å². The lowest BCUT2D eigenvalue weighted by Crippen LogP contribution is -2.50. The van der Waals surface area contributed by atoms with Crippen molar-refractivity contribution in [1.29, 1.82) is 0 Å². The molecule has 116 valence electrons. The summed E-state index contributed by atoms with van der Waals surface area (Å²) in [5.41, 5.74) is 2.22. The van der Waals surface area contributed by atoms with Gasteiger partial charge in [-0.15, -0.1) is 0 Å².